The Labute approximate surface area is 133 Å². The molecule has 0 aliphatic carbocycles. The molecule has 0 atom stereocenters. The topological polar surface area (TPSA) is 30.7 Å². The summed E-state index contributed by atoms with van der Waals surface area (Å²) in [5.41, 5.74) is 3.34. The molecule has 5 heteroatoms. The second kappa shape index (κ2) is 6.87. The first kappa shape index (κ1) is 14.3. The molecule has 0 saturated carbocycles. The van der Waals surface area contributed by atoms with E-state index in [0.29, 0.717) is 5.88 Å². The molecule has 0 bridgehead atoms. The monoisotopic (exact) mass is 317 g/mol. The average Bonchev–Trinajstić information content (AvgIpc) is 3.17. The predicted octanol–water partition coefficient (Wildman–Crippen LogP) is 4.38. The zero-order chi connectivity index (χ0) is 14.5. The summed E-state index contributed by atoms with van der Waals surface area (Å²) in [6, 6.07) is 10.3. The summed E-state index contributed by atoms with van der Waals surface area (Å²) in [4.78, 5) is 4.47. The van der Waals surface area contributed by atoms with Gasteiger partial charge in [0.25, 0.3) is 0 Å². The maximum absolute atomic E-state index is 5.76. The highest BCUT2D eigenvalue weighted by Crippen LogP contribution is 2.18. The fraction of sp³-hybridized carbons (Fsp3) is 0.250. The van der Waals surface area contributed by atoms with Crippen LogP contribution >= 0.6 is 22.9 Å². The number of nitrogens with zero attached hydrogens (tertiary/aromatic N) is 3. The zero-order valence-electron chi connectivity index (χ0n) is 11.6. The van der Waals surface area contributed by atoms with Gasteiger partial charge in [0.1, 0.15) is 0 Å². The number of thiazole rings is 1. The Morgan fingerprint density at radius 3 is 2.76 bits per heavy atom. The third kappa shape index (κ3) is 3.71. The molecule has 0 unspecified atom stereocenters. The molecule has 21 heavy (non-hydrogen) atoms. The van der Waals surface area contributed by atoms with Crippen molar-refractivity contribution in [1.82, 2.24) is 14.8 Å². The van der Waals surface area contributed by atoms with Gasteiger partial charge in [-0.1, -0.05) is 30.3 Å². The molecule has 108 valence electrons. The number of aromatic nitrogens is 3. The van der Waals surface area contributed by atoms with Gasteiger partial charge in [-0.05, 0) is 12.0 Å². The highest BCUT2D eigenvalue weighted by atomic mass is 35.5. The summed E-state index contributed by atoms with van der Waals surface area (Å²) in [6.07, 6.45) is 6.03. The quantitative estimate of drug-likeness (QED) is 0.632. The summed E-state index contributed by atoms with van der Waals surface area (Å²) < 4.78 is 2.00. The molecule has 3 aromatic rings. The molecule has 0 aliphatic rings. The summed E-state index contributed by atoms with van der Waals surface area (Å²) in [5, 5.41) is 7.61. The maximum atomic E-state index is 5.76. The van der Waals surface area contributed by atoms with Crippen LogP contribution in [0.2, 0.25) is 0 Å². The summed E-state index contributed by atoms with van der Waals surface area (Å²) in [6.45, 7) is 0.905. The van der Waals surface area contributed by atoms with Gasteiger partial charge in [0, 0.05) is 30.1 Å². The molecule has 0 N–H and O–H groups in total. The van der Waals surface area contributed by atoms with Crippen LogP contribution in [0.5, 0.6) is 0 Å². The molecular weight excluding hydrogens is 302 g/mol. The lowest BCUT2D eigenvalue weighted by molar-refractivity contribution is 0.578. The van der Waals surface area contributed by atoms with E-state index >= 15 is 0 Å². The van der Waals surface area contributed by atoms with Gasteiger partial charge in [0.2, 0.25) is 0 Å². The Bertz CT molecular complexity index is 690. The van der Waals surface area contributed by atoms with Crippen LogP contribution in [0.4, 0.5) is 0 Å². The van der Waals surface area contributed by atoms with Crippen molar-refractivity contribution in [2.45, 2.75) is 25.3 Å². The van der Waals surface area contributed by atoms with Crippen LogP contribution in [0.1, 0.15) is 17.1 Å². The van der Waals surface area contributed by atoms with Gasteiger partial charge < -0.3 is 0 Å². The van der Waals surface area contributed by atoms with Gasteiger partial charge in [-0.15, -0.1) is 22.9 Å². The predicted molar refractivity (Wildman–Crippen MR) is 87.7 cm³/mol. The summed E-state index contributed by atoms with van der Waals surface area (Å²) >= 11 is 7.45. The van der Waals surface area contributed by atoms with E-state index in [1.165, 1.54) is 5.56 Å². The van der Waals surface area contributed by atoms with Crippen molar-refractivity contribution in [3.63, 3.8) is 0 Å². The van der Waals surface area contributed by atoms with Crippen LogP contribution in [-0.2, 0) is 18.8 Å². The third-order valence-corrected chi connectivity index (χ3v) is 4.49. The Morgan fingerprint density at radius 2 is 2.00 bits per heavy atom. The van der Waals surface area contributed by atoms with Crippen molar-refractivity contribution in [2.75, 3.05) is 0 Å². The number of halogens is 1. The Balaban J connectivity index is 1.55. The highest BCUT2D eigenvalue weighted by Gasteiger charge is 2.03. The number of aryl methyl sites for hydroxylation is 2. The number of benzene rings is 1. The molecule has 2 aromatic heterocycles. The average molecular weight is 318 g/mol. The van der Waals surface area contributed by atoms with Crippen molar-refractivity contribution in [3.8, 4) is 11.1 Å². The Morgan fingerprint density at radius 1 is 1.14 bits per heavy atom. The van der Waals surface area contributed by atoms with Gasteiger partial charge in [-0.2, -0.15) is 5.10 Å². The van der Waals surface area contributed by atoms with Crippen molar-refractivity contribution >= 4 is 22.9 Å². The minimum Gasteiger partial charge on any atom is -0.272 e. The molecule has 0 saturated heterocycles. The molecule has 1 aromatic carbocycles. The third-order valence-electron chi connectivity index (χ3n) is 3.25. The van der Waals surface area contributed by atoms with E-state index in [1.54, 1.807) is 11.3 Å². The normalized spacial score (nSPS) is 10.9. The lowest BCUT2D eigenvalue weighted by Crippen LogP contribution is -1.99. The first-order valence-corrected chi connectivity index (χ1v) is 8.33. The summed E-state index contributed by atoms with van der Waals surface area (Å²) in [7, 11) is 0. The van der Waals surface area contributed by atoms with Crippen LogP contribution in [-0.4, -0.2) is 14.8 Å². The second-order valence-corrected chi connectivity index (χ2v) is 6.04. The zero-order valence-corrected chi connectivity index (χ0v) is 13.1. The fourth-order valence-electron chi connectivity index (χ4n) is 2.18. The van der Waals surface area contributed by atoms with E-state index in [0.717, 1.165) is 35.7 Å². The molecule has 0 spiro atoms. The van der Waals surface area contributed by atoms with E-state index < -0.39 is 0 Å². The molecular formula is C16H16ClN3S. The lowest BCUT2D eigenvalue weighted by atomic mass is 10.1. The SMILES string of the molecule is ClCc1csc(CCCn2cc(-c3ccccc3)cn2)n1. The van der Waals surface area contributed by atoms with Gasteiger partial charge >= 0.3 is 0 Å². The molecule has 0 radical (unpaired) electrons. The van der Waals surface area contributed by atoms with Crippen LogP contribution in [0.15, 0.2) is 48.1 Å². The van der Waals surface area contributed by atoms with Crippen molar-refractivity contribution in [3.05, 3.63) is 58.8 Å². The number of hydrogen-bond donors (Lipinski definition) is 0. The minimum absolute atomic E-state index is 0.496. The first-order chi connectivity index (χ1) is 10.3. The smallest absolute Gasteiger partial charge is 0.0929 e. The van der Waals surface area contributed by atoms with Gasteiger partial charge in [0.05, 0.1) is 22.8 Å². The Hall–Kier alpha value is -1.65. The number of alkyl halides is 1. The molecule has 2 heterocycles. The molecule has 0 amide bonds. The van der Waals surface area contributed by atoms with E-state index in [1.807, 2.05) is 34.5 Å². The van der Waals surface area contributed by atoms with Gasteiger partial charge in [-0.3, -0.25) is 4.68 Å². The largest absolute Gasteiger partial charge is 0.272 e. The van der Waals surface area contributed by atoms with Crippen molar-refractivity contribution in [2.24, 2.45) is 0 Å². The number of rotatable bonds is 6. The maximum Gasteiger partial charge on any atom is 0.0929 e. The minimum atomic E-state index is 0.496. The fourth-order valence-corrected chi connectivity index (χ4v) is 3.25. The van der Waals surface area contributed by atoms with E-state index in [4.69, 9.17) is 11.6 Å². The standard InChI is InChI=1S/C16H16ClN3S/c17-9-15-12-21-16(19-15)7-4-8-20-11-14(10-18-20)13-5-2-1-3-6-13/h1-3,5-6,10-12H,4,7-9H2. The van der Waals surface area contributed by atoms with Crippen LogP contribution < -0.4 is 0 Å². The van der Waals surface area contributed by atoms with E-state index in [2.05, 4.69) is 28.4 Å². The number of hydrogen-bond acceptors (Lipinski definition) is 3. The first-order valence-electron chi connectivity index (χ1n) is 6.92. The van der Waals surface area contributed by atoms with Crippen LogP contribution in [0.25, 0.3) is 11.1 Å². The van der Waals surface area contributed by atoms with Gasteiger partial charge in [0.15, 0.2) is 0 Å². The van der Waals surface area contributed by atoms with E-state index in [-0.39, 0.29) is 0 Å². The molecule has 3 nitrogen and oxygen atoms in total. The second-order valence-electron chi connectivity index (χ2n) is 4.83. The Kier molecular flexibility index (Phi) is 4.68. The molecule has 0 fully saturated rings. The molecule has 0 aliphatic heterocycles. The van der Waals surface area contributed by atoms with E-state index in [9.17, 15) is 0 Å². The van der Waals surface area contributed by atoms with Crippen LogP contribution in [0, 0.1) is 0 Å². The summed E-state index contributed by atoms with van der Waals surface area (Å²) in [5.74, 6) is 0.496. The van der Waals surface area contributed by atoms with Crippen molar-refractivity contribution in [1.29, 1.82) is 0 Å². The van der Waals surface area contributed by atoms with Crippen molar-refractivity contribution < 1.29 is 0 Å². The lowest BCUT2D eigenvalue weighted by Gasteiger charge is -1.99. The van der Waals surface area contributed by atoms with Gasteiger partial charge in [-0.25, -0.2) is 4.98 Å². The van der Waals surface area contributed by atoms with Crippen LogP contribution in [0.3, 0.4) is 0 Å². The highest BCUT2D eigenvalue weighted by molar-refractivity contribution is 7.09. The molecule has 3 rings (SSSR count).